The minimum atomic E-state index is -0.262. The van der Waals surface area contributed by atoms with Gasteiger partial charge in [0.25, 0.3) is 0 Å². The van der Waals surface area contributed by atoms with Crippen LogP contribution in [-0.4, -0.2) is 49.7 Å². The highest BCUT2D eigenvalue weighted by molar-refractivity contribution is 5.93. The topological polar surface area (TPSA) is 33.8 Å². The largest absolute Gasteiger partial charge is 0.359 e. The summed E-state index contributed by atoms with van der Waals surface area (Å²) in [6, 6.07) is 12.8. The number of halogens is 1. The number of likely N-dealkylation sites (N-methyl/N-ethyl adjacent to an activating group) is 1. The van der Waals surface area contributed by atoms with Crippen molar-refractivity contribution in [3.8, 4) is 0 Å². The summed E-state index contributed by atoms with van der Waals surface area (Å²) in [6.07, 6.45) is 0. The van der Waals surface area contributed by atoms with Gasteiger partial charge in [0.1, 0.15) is 11.6 Å². The van der Waals surface area contributed by atoms with E-state index in [-0.39, 0.29) is 5.82 Å². The molecule has 136 valence electrons. The van der Waals surface area contributed by atoms with Crippen molar-refractivity contribution in [1.29, 1.82) is 0 Å². The van der Waals surface area contributed by atoms with E-state index in [2.05, 4.69) is 34.1 Å². The molecule has 0 unspecified atom stereocenters. The number of benzene rings is 2. The molecule has 0 bridgehead atoms. The van der Waals surface area contributed by atoms with E-state index in [9.17, 15) is 4.39 Å². The molecule has 1 fully saturated rings. The first-order valence-electron chi connectivity index (χ1n) is 8.91. The van der Waals surface area contributed by atoms with Gasteiger partial charge in [-0.05, 0) is 31.3 Å². The van der Waals surface area contributed by atoms with E-state index in [1.807, 2.05) is 29.2 Å². The van der Waals surface area contributed by atoms with Gasteiger partial charge in [0.15, 0.2) is 0 Å². The average molecular weight is 353 g/mol. The van der Waals surface area contributed by atoms with Gasteiger partial charge in [-0.1, -0.05) is 18.7 Å². The molecule has 0 spiro atoms. The zero-order valence-electron chi connectivity index (χ0n) is 15.0. The number of nitrogens with one attached hydrogen (secondary N) is 2. The van der Waals surface area contributed by atoms with Gasteiger partial charge < -0.3 is 15.5 Å². The zero-order chi connectivity index (χ0) is 18.1. The summed E-state index contributed by atoms with van der Waals surface area (Å²) in [7, 11) is 2.15. The molecule has 2 aliphatic heterocycles. The van der Waals surface area contributed by atoms with Crippen molar-refractivity contribution in [2.75, 3.05) is 50.1 Å². The standard InChI is InChI=1S/C20H24FN5/c1-15(22-14-25-11-9-24(2)10-12-25)26-19-6-4-3-5-17(19)23-18-8-7-16(21)13-20(18)26/h3-8,13,22-23H,1,9-12,14H2,2H3. The van der Waals surface area contributed by atoms with E-state index in [0.29, 0.717) is 0 Å². The molecule has 1 saturated heterocycles. The molecule has 2 aliphatic rings. The molecular weight excluding hydrogens is 329 g/mol. The molecule has 0 amide bonds. The molecule has 0 atom stereocenters. The van der Waals surface area contributed by atoms with E-state index >= 15 is 0 Å². The van der Waals surface area contributed by atoms with Gasteiger partial charge in [-0.25, -0.2) is 4.39 Å². The average Bonchev–Trinajstić information content (AvgIpc) is 2.65. The molecule has 2 aromatic carbocycles. The molecule has 6 heteroatoms. The van der Waals surface area contributed by atoms with Crippen LogP contribution in [0.4, 0.5) is 27.1 Å². The Kier molecular flexibility index (Phi) is 4.53. The van der Waals surface area contributed by atoms with E-state index in [1.54, 1.807) is 12.1 Å². The van der Waals surface area contributed by atoms with Crippen molar-refractivity contribution in [1.82, 2.24) is 15.1 Å². The first kappa shape index (κ1) is 16.9. The van der Waals surface area contributed by atoms with E-state index in [4.69, 9.17) is 0 Å². The van der Waals surface area contributed by atoms with Gasteiger partial charge >= 0.3 is 0 Å². The minimum absolute atomic E-state index is 0.262. The molecule has 5 nitrogen and oxygen atoms in total. The number of para-hydroxylation sites is 2. The van der Waals surface area contributed by atoms with Crippen molar-refractivity contribution < 1.29 is 4.39 Å². The highest BCUT2D eigenvalue weighted by Crippen LogP contribution is 2.44. The summed E-state index contributed by atoms with van der Waals surface area (Å²) in [5.41, 5.74) is 3.57. The molecule has 0 saturated carbocycles. The van der Waals surface area contributed by atoms with Gasteiger partial charge in [0, 0.05) is 32.2 Å². The van der Waals surface area contributed by atoms with Gasteiger partial charge in [-0.3, -0.25) is 9.80 Å². The number of anilines is 4. The molecule has 0 aromatic heterocycles. The Hall–Kier alpha value is -2.57. The summed E-state index contributed by atoms with van der Waals surface area (Å²) in [6.45, 7) is 9.15. The summed E-state index contributed by atoms with van der Waals surface area (Å²) in [4.78, 5) is 6.68. The third-order valence-corrected chi connectivity index (χ3v) is 4.99. The quantitative estimate of drug-likeness (QED) is 0.882. The number of hydrogen-bond acceptors (Lipinski definition) is 5. The SMILES string of the molecule is C=C(NCN1CCN(C)CC1)N1c2ccccc2Nc2ccc(F)cc21. The van der Waals surface area contributed by atoms with Crippen LogP contribution in [0.3, 0.4) is 0 Å². The fraction of sp³-hybridized carbons (Fsp3) is 0.300. The molecule has 0 aliphatic carbocycles. The van der Waals surface area contributed by atoms with Crippen LogP contribution in [0.15, 0.2) is 54.9 Å². The Labute approximate surface area is 153 Å². The van der Waals surface area contributed by atoms with Crippen LogP contribution in [0.1, 0.15) is 0 Å². The van der Waals surface area contributed by atoms with Crippen LogP contribution in [-0.2, 0) is 0 Å². The second kappa shape index (κ2) is 6.97. The third kappa shape index (κ3) is 3.25. The van der Waals surface area contributed by atoms with Crippen LogP contribution in [0.5, 0.6) is 0 Å². The van der Waals surface area contributed by atoms with Crippen molar-refractivity contribution in [2.45, 2.75) is 0 Å². The summed E-state index contributed by atoms with van der Waals surface area (Å²) in [5, 5.41) is 6.80. The lowest BCUT2D eigenvalue weighted by atomic mass is 10.1. The summed E-state index contributed by atoms with van der Waals surface area (Å²) < 4.78 is 13.9. The number of fused-ring (bicyclic) bond motifs is 2. The molecule has 2 N–H and O–H groups in total. The zero-order valence-corrected chi connectivity index (χ0v) is 15.0. The maximum atomic E-state index is 13.9. The van der Waals surface area contributed by atoms with Crippen molar-refractivity contribution >= 4 is 22.7 Å². The Morgan fingerprint density at radius 1 is 1.08 bits per heavy atom. The fourth-order valence-electron chi connectivity index (χ4n) is 3.42. The third-order valence-electron chi connectivity index (χ3n) is 4.99. The predicted octanol–water partition coefficient (Wildman–Crippen LogP) is 3.29. The lowest BCUT2D eigenvalue weighted by molar-refractivity contribution is 0.148. The molecule has 4 rings (SSSR count). The number of piperazine rings is 1. The number of nitrogens with zero attached hydrogens (tertiary/aromatic N) is 3. The van der Waals surface area contributed by atoms with Crippen molar-refractivity contribution in [2.24, 2.45) is 0 Å². The molecular formula is C20H24FN5. The Bertz CT molecular complexity index is 814. The number of hydrogen-bond donors (Lipinski definition) is 2. The van der Waals surface area contributed by atoms with E-state index in [0.717, 1.165) is 61.4 Å². The maximum absolute atomic E-state index is 13.9. The molecule has 26 heavy (non-hydrogen) atoms. The lowest BCUT2D eigenvalue weighted by Gasteiger charge is -2.37. The molecule has 0 radical (unpaired) electrons. The van der Waals surface area contributed by atoms with Gasteiger partial charge in [-0.2, -0.15) is 0 Å². The van der Waals surface area contributed by atoms with Gasteiger partial charge in [-0.15, -0.1) is 0 Å². The fourth-order valence-corrected chi connectivity index (χ4v) is 3.42. The highest BCUT2D eigenvalue weighted by Gasteiger charge is 2.25. The normalized spacial score (nSPS) is 17.2. The second-order valence-electron chi connectivity index (χ2n) is 6.84. The Morgan fingerprint density at radius 3 is 2.62 bits per heavy atom. The van der Waals surface area contributed by atoms with Crippen molar-refractivity contribution in [3.63, 3.8) is 0 Å². The Morgan fingerprint density at radius 2 is 1.81 bits per heavy atom. The molecule has 2 heterocycles. The number of rotatable bonds is 4. The van der Waals surface area contributed by atoms with Crippen LogP contribution in [0.25, 0.3) is 0 Å². The molecule has 2 aromatic rings. The van der Waals surface area contributed by atoms with Gasteiger partial charge in [0.05, 0.1) is 29.4 Å². The first-order chi connectivity index (χ1) is 12.6. The van der Waals surface area contributed by atoms with Crippen LogP contribution in [0, 0.1) is 5.82 Å². The Balaban J connectivity index is 1.57. The van der Waals surface area contributed by atoms with Gasteiger partial charge in [0.2, 0.25) is 0 Å². The first-order valence-corrected chi connectivity index (χ1v) is 8.91. The summed E-state index contributed by atoms with van der Waals surface area (Å²) in [5.74, 6) is 0.478. The lowest BCUT2D eigenvalue weighted by Crippen LogP contribution is -2.48. The summed E-state index contributed by atoms with van der Waals surface area (Å²) >= 11 is 0. The highest BCUT2D eigenvalue weighted by atomic mass is 19.1. The van der Waals surface area contributed by atoms with Crippen LogP contribution < -0.4 is 15.5 Å². The minimum Gasteiger partial charge on any atom is -0.359 e. The predicted molar refractivity (Wildman–Crippen MR) is 104 cm³/mol. The van der Waals surface area contributed by atoms with E-state index < -0.39 is 0 Å². The van der Waals surface area contributed by atoms with E-state index in [1.165, 1.54) is 6.07 Å². The smallest absolute Gasteiger partial charge is 0.125 e. The van der Waals surface area contributed by atoms with Crippen molar-refractivity contribution in [3.05, 3.63) is 60.7 Å². The maximum Gasteiger partial charge on any atom is 0.125 e. The van der Waals surface area contributed by atoms with Crippen LogP contribution >= 0.6 is 0 Å². The van der Waals surface area contributed by atoms with Crippen LogP contribution in [0.2, 0.25) is 0 Å². The second-order valence-corrected chi connectivity index (χ2v) is 6.84. The monoisotopic (exact) mass is 353 g/mol.